The standard InChI is InChI=1S/C34H51N5O9/c1-22(2)29(36-33(43)46-6)31(41)35-27(19-24-11-9-8-10-12-24)28(40)21-39(38-32(42)30(23(3)4)37-34(44)47-7)20-25-13-15-26(16-14-25)48-18-17-45-5/h8-16,22-23,27-30,40H,17-21H2,1-7H3,(H,35,41)(H,36,43)(H,37,44)(H,38,42)/t27?,28?,29-,30-/m0/s1. The van der Waals surface area contributed by atoms with Crippen molar-refractivity contribution < 1.29 is 43.2 Å². The number of carbonyl (C=O) groups is 4. The SMILES string of the molecule is COCCOc1ccc(CN(CC(O)C(Cc2ccccc2)NC(=O)[C@@H](NC(=O)OC)C(C)C)NC(=O)[C@@H](NC(=O)OC)C(C)C)cc1. The highest BCUT2D eigenvalue weighted by atomic mass is 16.5. The Morgan fingerprint density at radius 3 is 1.81 bits per heavy atom. The predicted octanol–water partition coefficient (Wildman–Crippen LogP) is 2.39. The Balaban J connectivity index is 2.38. The molecule has 0 aliphatic carbocycles. The van der Waals surface area contributed by atoms with E-state index >= 15 is 0 Å². The molecule has 0 spiro atoms. The summed E-state index contributed by atoms with van der Waals surface area (Å²) in [4.78, 5) is 51.0. The van der Waals surface area contributed by atoms with Gasteiger partial charge in [0.05, 0.1) is 33.0 Å². The van der Waals surface area contributed by atoms with Crippen LogP contribution in [0, 0.1) is 11.8 Å². The van der Waals surface area contributed by atoms with Crippen molar-refractivity contribution in [3.8, 4) is 5.75 Å². The Morgan fingerprint density at radius 1 is 0.729 bits per heavy atom. The van der Waals surface area contributed by atoms with Crippen LogP contribution in [0.5, 0.6) is 5.75 Å². The highest BCUT2D eigenvalue weighted by molar-refractivity contribution is 5.86. The summed E-state index contributed by atoms with van der Waals surface area (Å²) < 4.78 is 20.1. The van der Waals surface area contributed by atoms with E-state index < -0.39 is 48.2 Å². The summed E-state index contributed by atoms with van der Waals surface area (Å²) in [5.41, 5.74) is 4.48. The average Bonchev–Trinajstić information content (AvgIpc) is 3.06. The van der Waals surface area contributed by atoms with E-state index in [-0.39, 0.29) is 31.3 Å². The van der Waals surface area contributed by atoms with Gasteiger partial charge in [0.1, 0.15) is 24.4 Å². The van der Waals surface area contributed by atoms with E-state index in [1.54, 1.807) is 46.9 Å². The lowest BCUT2D eigenvalue weighted by atomic mass is 9.98. The van der Waals surface area contributed by atoms with Crippen LogP contribution in [0.2, 0.25) is 0 Å². The van der Waals surface area contributed by atoms with Gasteiger partial charge in [0, 0.05) is 20.2 Å². The minimum atomic E-state index is -1.21. The van der Waals surface area contributed by atoms with E-state index in [1.807, 2.05) is 42.5 Å². The van der Waals surface area contributed by atoms with Gasteiger partial charge >= 0.3 is 12.2 Å². The number of carbonyl (C=O) groups excluding carboxylic acids is 4. The Kier molecular flexibility index (Phi) is 17.2. The third-order valence-electron chi connectivity index (χ3n) is 7.44. The molecule has 266 valence electrons. The summed E-state index contributed by atoms with van der Waals surface area (Å²) >= 11 is 0. The molecule has 0 aromatic heterocycles. The number of alkyl carbamates (subject to hydrolysis) is 2. The second-order valence-electron chi connectivity index (χ2n) is 11.9. The quantitative estimate of drug-likeness (QED) is 0.110. The van der Waals surface area contributed by atoms with Crippen LogP contribution in [0.1, 0.15) is 38.8 Å². The lowest BCUT2D eigenvalue weighted by Crippen LogP contribution is -2.59. The van der Waals surface area contributed by atoms with E-state index in [9.17, 15) is 24.3 Å². The summed E-state index contributed by atoms with van der Waals surface area (Å²) in [7, 11) is 4.01. The molecule has 0 radical (unpaired) electrons. The first-order chi connectivity index (χ1) is 22.9. The maximum Gasteiger partial charge on any atom is 0.407 e. The van der Waals surface area contributed by atoms with Gasteiger partial charge in [0.15, 0.2) is 0 Å². The molecule has 4 amide bonds. The minimum absolute atomic E-state index is 0.116. The summed E-state index contributed by atoms with van der Waals surface area (Å²) in [5.74, 6) is -0.962. The summed E-state index contributed by atoms with van der Waals surface area (Å²) in [6.07, 6.45) is -2.47. The van der Waals surface area contributed by atoms with Gasteiger partial charge in [-0.15, -0.1) is 0 Å². The lowest BCUT2D eigenvalue weighted by molar-refractivity contribution is -0.131. The molecule has 0 heterocycles. The number of benzene rings is 2. The zero-order valence-corrected chi connectivity index (χ0v) is 28.9. The Labute approximate surface area is 282 Å². The Bertz CT molecular complexity index is 1280. The average molecular weight is 674 g/mol. The van der Waals surface area contributed by atoms with Crippen molar-refractivity contribution in [3.05, 3.63) is 65.7 Å². The van der Waals surface area contributed by atoms with Crippen LogP contribution in [0.3, 0.4) is 0 Å². The second-order valence-corrected chi connectivity index (χ2v) is 11.9. The van der Waals surface area contributed by atoms with Crippen molar-refractivity contribution in [1.29, 1.82) is 0 Å². The molecule has 0 saturated heterocycles. The largest absolute Gasteiger partial charge is 0.491 e. The molecule has 5 N–H and O–H groups in total. The summed E-state index contributed by atoms with van der Waals surface area (Å²) in [5, 5.41) is 21.2. The van der Waals surface area contributed by atoms with Crippen molar-refractivity contribution in [2.24, 2.45) is 11.8 Å². The molecule has 0 bridgehead atoms. The molecular weight excluding hydrogens is 622 g/mol. The highest BCUT2D eigenvalue weighted by Gasteiger charge is 2.32. The number of nitrogens with one attached hydrogen (secondary N) is 4. The number of hydrogen-bond donors (Lipinski definition) is 5. The van der Waals surface area contributed by atoms with Crippen LogP contribution in [0.25, 0.3) is 0 Å². The number of rotatable bonds is 19. The molecule has 2 rings (SSSR count). The van der Waals surface area contributed by atoms with Gasteiger partial charge < -0.3 is 40.0 Å². The van der Waals surface area contributed by atoms with Crippen LogP contribution < -0.4 is 26.1 Å². The molecule has 2 aromatic carbocycles. The van der Waals surface area contributed by atoms with E-state index in [4.69, 9.17) is 18.9 Å². The maximum absolute atomic E-state index is 13.5. The van der Waals surface area contributed by atoms with Crippen LogP contribution >= 0.6 is 0 Å². The number of aliphatic hydroxyl groups excluding tert-OH is 1. The molecule has 48 heavy (non-hydrogen) atoms. The number of methoxy groups -OCH3 is 3. The van der Waals surface area contributed by atoms with Gasteiger partial charge in [-0.25, -0.2) is 14.6 Å². The zero-order chi connectivity index (χ0) is 35.6. The van der Waals surface area contributed by atoms with Gasteiger partial charge in [-0.1, -0.05) is 70.2 Å². The van der Waals surface area contributed by atoms with Crippen LogP contribution in [0.15, 0.2) is 54.6 Å². The molecule has 14 nitrogen and oxygen atoms in total. The second kappa shape index (κ2) is 20.8. The normalized spacial score (nSPS) is 13.6. The zero-order valence-electron chi connectivity index (χ0n) is 28.9. The van der Waals surface area contributed by atoms with Gasteiger partial charge in [0.25, 0.3) is 5.91 Å². The van der Waals surface area contributed by atoms with Crippen LogP contribution in [-0.2, 0) is 36.8 Å². The maximum atomic E-state index is 13.5. The first-order valence-electron chi connectivity index (χ1n) is 15.9. The van der Waals surface area contributed by atoms with E-state index in [0.717, 1.165) is 11.1 Å². The Hall–Kier alpha value is -4.40. The van der Waals surface area contributed by atoms with Crippen molar-refractivity contribution in [2.75, 3.05) is 41.1 Å². The van der Waals surface area contributed by atoms with Crippen LogP contribution in [0.4, 0.5) is 9.59 Å². The van der Waals surface area contributed by atoms with Gasteiger partial charge in [-0.2, -0.15) is 0 Å². The van der Waals surface area contributed by atoms with Crippen molar-refractivity contribution in [2.45, 2.75) is 64.9 Å². The van der Waals surface area contributed by atoms with Crippen molar-refractivity contribution in [1.82, 2.24) is 26.4 Å². The number of ether oxygens (including phenoxy) is 4. The lowest BCUT2D eigenvalue weighted by Gasteiger charge is -2.33. The molecule has 0 aliphatic rings. The molecule has 2 unspecified atom stereocenters. The highest BCUT2D eigenvalue weighted by Crippen LogP contribution is 2.16. The number of hydrogen-bond acceptors (Lipinski definition) is 10. The number of amides is 4. The monoisotopic (exact) mass is 673 g/mol. The minimum Gasteiger partial charge on any atom is -0.491 e. The van der Waals surface area contributed by atoms with E-state index in [1.165, 1.54) is 19.2 Å². The molecule has 2 aromatic rings. The molecule has 4 atom stereocenters. The summed E-state index contributed by atoms with van der Waals surface area (Å²) in [6, 6.07) is 13.9. The van der Waals surface area contributed by atoms with E-state index in [2.05, 4.69) is 21.4 Å². The summed E-state index contributed by atoms with van der Waals surface area (Å²) in [6.45, 7) is 7.98. The van der Waals surface area contributed by atoms with Crippen LogP contribution in [-0.4, -0.2) is 99.4 Å². The molecule has 14 heteroatoms. The van der Waals surface area contributed by atoms with Gasteiger partial charge in [-0.3, -0.25) is 15.0 Å². The molecule has 0 aliphatic heterocycles. The first kappa shape index (κ1) is 39.8. The fourth-order valence-corrected chi connectivity index (χ4v) is 4.75. The molecule has 0 saturated carbocycles. The smallest absolute Gasteiger partial charge is 0.407 e. The van der Waals surface area contributed by atoms with Crippen molar-refractivity contribution in [3.63, 3.8) is 0 Å². The third-order valence-corrected chi connectivity index (χ3v) is 7.44. The number of nitrogens with zero attached hydrogens (tertiary/aromatic N) is 1. The topological polar surface area (TPSA) is 177 Å². The van der Waals surface area contributed by atoms with Crippen molar-refractivity contribution >= 4 is 24.0 Å². The third kappa shape index (κ3) is 13.8. The first-order valence-corrected chi connectivity index (χ1v) is 15.9. The predicted molar refractivity (Wildman–Crippen MR) is 179 cm³/mol. The van der Waals surface area contributed by atoms with Gasteiger partial charge in [0.2, 0.25) is 5.91 Å². The van der Waals surface area contributed by atoms with E-state index in [0.29, 0.717) is 19.0 Å². The fraction of sp³-hybridized carbons (Fsp3) is 0.529. The molecular formula is C34H51N5O9. The Morgan fingerprint density at radius 2 is 1.29 bits per heavy atom. The number of hydrazine groups is 1. The molecule has 0 fully saturated rings. The number of aliphatic hydroxyl groups is 1. The fourth-order valence-electron chi connectivity index (χ4n) is 4.75. The van der Waals surface area contributed by atoms with Gasteiger partial charge in [-0.05, 0) is 41.5 Å².